The minimum Gasteiger partial charge on any atom is -0.325 e. The Bertz CT molecular complexity index is 962. The number of rotatable bonds is 11. The van der Waals surface area contributed by atoms with Gasteiger partial charge in [0, 0.05) is 24.9 Å². The normalized spacial score (nSPS) is 10.2. The van der Waals surface area contributed by atoms with Gasteiger partial charge in [0.05, 0.1) is 26.2 Å². The van der Waals surface area contributed by atoms with Crippen LogP contribution in [0.1, 0.15) is 27.8 Å². The molecule has 0 aromatic heterocycles. The van der Waals surface area contributed by atoms with E-state index in [-0.39, 0.29) is 55.9 Å². The molecule has 34 heavy (non-hydrogen) atoms. The van der Waals surface area contributed by atoms with Crippen molar-refractivity contribution in [3.63, 3.8) is 0 Å². The fourth-order valence-electron chi connectivity index (χ4n) is 3.13. The zero-order valence-corrected chi connectivity index (χ0v) is 19.9. The van der Waals surface area contributed by atoms with Crippen molar-refractivity contribution >= 4 is 28.9 Å². The number of Topliss-reactive ketones (excluding diaryl/α,β-unsaturated/α-hetero) is 3. The van der Waals surface area contributed by atoms with Gasteiger partial charge in [-0.3, -0.25) is 19.2 Å². The highest BCUT2D eigenvalue weighted by Gasteiger charge is 2.10. The highest BCUT2D eigenvalue weighted by Crippen LogP contribution is 2.17. The standard InChI is InChI=1S/C13H18N2O2.C12H17N3O2/c1-9-10(5-12(16)7-14)3-2-4-11(9)6-13(17)8-15;1-8-2-3-10(15-12(17)7-14)4-9(8)5-11(16)6-13/h2-4H,5-8,14-15H2,1H3;2-4H,5-7,13-14H2,1H3,(H,15,17). The van der Waals surface area contributed by atoms with Crippen molar-refractivity contribution in [2.75, 3.05) is 31.5 Å². The molecule has 0 bridgehead atoms. The van der Waals surface area contributed by atoms with E-state index in [2.05, 4.69) is 5.32 Å². The van der Waals surface area contributed by atoms with E-state index >= 15 is 0 Å². The van der Waals surface area contributed by atoms with Crippen molar-refractivity contribution in [1.29, 1.82) is 0 Å². The molecule has 184 valence electrons. The Morgan fingerprint density at radius 3 is 1.59 bits per heavy atom. The van der Waals surface area contributed by atoms with Crippen LogP contribution < -0.4 is 28.3 Å². The van der Waals surface area contributed by atoms with Crippen molar-refractivity contribution in [1.82, 2.24) is 0 Å². The first-order valence-corrected chi connectivity index (χ1v) is 11.0. The highest BCUT2D eigenvalue weighted by atomic mass is 16.2. The van der Waals surface area contributed by atoms with Gasteiger partial charge in [-0.25, -0.2) is 0 Å². The molecule has 0 unspecified atom stereocenters. The number of hydrogen-bond donors (Lipinski definition) is 5. The second-order valence-electron chi connectivity index (χ2n) is 7.85. The number of anilines is 1. The van der Waals surface area contributed by atoms with E-state index in [1.165, 1.54) is 0 Å². The molecule has 9 N–H and O–H groups in total. The summed E-state index contributed by atoms with van der Waals surface area (Å²) in [6.07, 6.45) is 0.939. The average molecular weight is 470 g/mol. The fourth-order valence-corrected chi connectivity index (χ4v) is 3.13. The first kappa shape index (κ1) is 28.8. The number of nitrogens with one attached hydrogen (secondary N) is 1. The van der Waals surface area contributed by atoms with Gasteiger partial charge in [-0.1, -0.05) is 24.3 Å². The van der Waals surface area contributed by atoms with Crippen molar-refractivity contribution in [3.05, 3.63) is 64.2 Å². The minimum atomic E-state index is -0.259. The maximum Gasteiger partial charge on any atom is 0.238 e. The van der Waals surface area contributed by atoms with Crippen molar-refractivity contribution in [2.24, 2.45) is 22.9 Å². The lowest BCUT2D eigenvalue weighted by atomic mass is 9.95. The maximum absolute atomic E-state index is 11.3. The number of ketones is 3. The Labute approximate surface area is 200 Å². The molecule has 0 radical (unpaired) electrons. The van der Waals surface area contributed by atoms with Crippen LogP contribution in [0.15, 0.2) is 36.4 Å². The zero-order valence-electron chi connectivity index (χ0n) is 19.9. The molecular formula is C25H35N5O4. The molecule has 0 aliphatic heterocycles. The van der Waals surface area contributed by atoms with Crippen LogP contribution in [0.2, 0.25) is 0 Å². The van der Waals surface area contributed by atoms with Crippen LogP contribution in [-0.4, -0.2) is 49.4 Å². The predicted molar refractivity (Wildman–Crippen MR) is 133 cm³/mol. The summed E-state index contributed by atoms with van der Waals surface area (Å²) in [6, 6.07) is 11.0. The van der Waals surface area contributed by atoms with Crippen LogP contribution in [0.5, 0.6) is 0 Å². The zero-order chi connectivity index (χ0) is 25.7. The molecule has 0 atom stereocenters. The van der Waals surface area contributed by atoms with Crippen LogP contribution in [0, 0.1) is 13.8 Å². The molecule has 2 aromatic rings. The molecule has 2 aromatic carbocycles. The number of amides is 1. The Morgan fingerprint density at radius 2 is 1.15 bits per heavy atom. The molecule has 1 amide bonds. The van der Waals surface area contributed by atoms with E-state index in [0.717, 1.165) is 27.8 Å². The molecule has 0 saturated heterocycles. The molecule has 9 nitrogen and oxygen atoms in total. The van der Waals surface area contributed by atoms with Crippen LogP contribution in [-0.2, 0) is 38.4 Å². The summed E-state index contributed by atoms with van der Waals surface area (Å²) in [7, 11) is 0. The Balaban J connectivity index is 0.000000340. The first-order valence-electron chi connectivity index (χ1n) is 11.0. The van der Waals surface area contributed by atoms with Gasteiger partial charge in [0.15, 0.2) is 17.3 Å². The van der Waals surface area contributed by atoms with Gasteiger partial charge in [0.25, 0.3) is 0 Å². The van der Waals surface area contributed by atoms with E-state index in [9.17, 15) is 19.2 Å². The van der Waals surface area contributed by atoms with Gasteiger partial charge in [-0.05, 0) is 53.8 Å². The molecule has 9 heteroatoms. The molecule has 0 aliphatic carbocycles. The largest absolute Gasteiger partial charge is 0.325 e. The molecule has 0 fully saturated rings. The van der Waals surface area contributed by atoms with E-state index in [0.29, 0.717) is 18.5 Å². The summed E-state index contributed by atoms with van der Waals surface area (Å²) in [4.78, 5) is 45.0. The Kier molecular flexibility index (Phi) is 12.5. The summed E-state index contributed by atoms with van der Waals surface area (Å²) in [6.45, 7) is 3.88. The second kappa shape index (κ2) is 14.8. The van der Waals surface area contributed by atoms with E-state index in [1.807, 2.05) is 38.1 Å². The van der Waals surface area contributed by atoms with Crippen LogP contribution in [0.4, 0.5) is 5.69 Å². The van der Waals surface area contributed by atoms with Crippen molar-refractivity contribution in [3.8, 4) is 0 Å². The summed E-state index contributed by atoms with van der Waals surface area (Å²) < 4.78 is 0. The van der Waals surface area contributed by atoms with Gasteiger partial charge in [-0.15, -0.1) is 0 Å². The van der Waals surface area contributed by atoms with Gasteiger partial charge in [0.1, 0.15) is 0 Å². The highest BCUT2D eigenvalue weighted by molar-refractivity contribution is 5.92. The number of aryl methyl sites for hydroxylation is 1. The predicted octanol–water partition coefficient (Wildman–Crippen LogP) is 0.0981. The fraction of sp³-hybridized carbons (Fsp3) is 0.360. The average Bonchev–Trinajstić information content (AvgIpc) is 2.83. The van der Waals surface area contributed by atoms with E-state index in [1.54, 1.807) is 12.1 Å². The van der Waals surface area contributed by atoms with E-state index < -0.39 is 0 Å². The lowest BCUT2D eigenvalue weighted by Crippen LogP contribution is -2.22. The summed E-state index contributed by atoms with van der Waals surface area (Å²) >= 11 is 0. The minimum absolute atomic E-state index is 0.00426. The number of hydrogen-bond acceptors (Lipinski definition) is 8. The van der Waals surface area contributed by atoms with Crippen molar-refractivity contribution < 1.29 is 19.2 Å². The van der Waals surface area contributed by atoms with Crippen molar-refractivity contribution in [2.45, 2.75) is 33.1 Å². The number of nitrogens with two attached hydrogens (primary N) is 4. The SMILES string of the molecule is Cc1c(CC(=O)CN)cccc1CC(=O)CN.Cc1ccc(NC(=O)CN)cc1CC(=O)CN. The van der Waals surface area contributed by atoms with Gasteiger partial charge in [0.2, 0.25) is 5.91 Å². The molecule has 0 heterocycles. The Hall–Kier alpha value is -3.24. The molecule has 0 spiro atoms. The second-order valence-corrected chi connectivity index (χ2v) is 7.85. The third-order valence-corrected chi connectivity index (χ3v) is 5.22. The van der Waals surface area contributed by atoms with Crippen LogP contribution >= 0.6 is 0 Å². The molecular weight excluding hydrogens is 434 g/mol. The van der Waals surface area contributed by atoms with Crippen LogP contribution in [0.3, 0.4) is 0 Å². The summed E-state index contributed by atoms with van der Waals surface area (Å²) in [5.41, 5.74) is 26.4. The Morgan fingerprint density at radius 1 is 0.676 bits per heavy atom. The third-order valence-electron chi connectivity index (χ3n) is 5.22. The maximum atomic E-state index is 11.3. The summed E-state index contributed by atoms with van der Waals surface area (Å²) in [5.74, 6) is -0.300. The number of benzene rings is 2. The molecule has 0 aliphatic rings. The van der Waals surface area contributed by atoms with Crippen LogP contribution in [0.25, 0.3) is 0 Å². The van der Waals surface area contributed by atoms with Gasteiger partial charge >= 0.3 is 0 Å². The quantitative estimate of drug-likeness (QED) is 0.307. The summed E-state index contributed by atoms with van der Waals surface area (Å²) in [5, 5.41) is 2.64. The first-order chi connectivity index (χ1) is 16.1. The van der Waals surface area contributed by atoms with E-state index in [4.69, 9.17) is 22.9 Å². The lowest BCUT2D eigenvalue weighted by Gasteiger charge is -2.09. The monoisotopic (exact) mass is 469 g/mol. The van der Waals surface area contributed by atoms with Gasteiger partial charge in [-0.2, -0.15) is 0 Å². The smallest absolute Gasteiger partial charge is 0.238 e. The molecule has 2 rings (SSSR count). The number of carbonyl (C=O) groups is 4. The topological polar surface area (TPSA) is 184 Å². The van der Waals surface area contributed by atoms with Gasteiger partial charge < -0.3 is 28.3 Å². The number of carbonyl (C=O) groups excluding carboxylic acids is 4. The lowest BCUT2D eigenvalue weighted by molar-refractivity contribution is -0.118. The molecule has 0 saturated carbocycles. The third kappa shape index (κ3) is 9.72.